The molecular formula is C68H50N2. The summed E-state index contributed by atoms with van der Waals surface area (Å²) in [6.45, 7) is 3.92. The third-order valence-corrected chi connectivity index (χ3v) is 13.1. The zero-order chi connectivity index (χ0) is 47.1. The number of anilines is 6. The topological polar surface area (TPSA) is 6.48 Å². The Morgan fingerprint density at radius 2 is 0.343 bits per heavy atom. The summed E-state index contributed by atoms with van der Waals surface area (Å²) in [7, 11) is 0. The predicted octanol–water partition coefficient (Wildman–Crippen LogP) is 19.3. The first-order valence-electron chi connectivity index (χ1n) is 23.8. The second kappa shape index (κ2) is 19.9. The largest absolute Gasteiger partial charge is 0.311 e. The molecule has 0 radical (unpaired) electrons. The molecule has 2 nitrogen and oxygen atoms in total. The van der Waals surface area contributed by atoms with Gasteiger partial charge in [0.25, 0.3) is 0 Å². The van der Waals surface area contributed by atoms with Crippen molar-refractivity contribution in [3.63, 3.8) is 0 Å². The van der Waals surface area contributed by atoms with Crippen LogP contribution in [0, 0.1) is 0 Å². The van der Waals surface area contributed by atoms with Gasteiger partial charge in [-0.05, 0) is 145 Å². The van der Waals surface area contributed by atoms with Crippen LogP contribution in [0.1, 0.15) is 5.56 Å². The van der Waals surface area contributed by atoms with Crippen LogP contribution in [-0.2, 0) is 0 Å². The lowest BCUT2D eigenvalue weighted by Crippen LogP contribution is -2.10. The third kappa shape index (κ3) is 9.35. The summed E-state index contributed by atoms with van der Waals surface area (Å²) >= 11 is 0. The van der Waals surface area contributed by atoms with Gasteiger partial charge in [-0.2, -0.15) is 0 Å². The number of hydrogen-bond donors (Lipinski definition) is 0. The number of nitrogens with zero attached hydrogens (tertiary/aromatic N) is 2. The lowest BCUT2D eigenvalue weighted by molar-refractivity contribution is 1.28. The van der Waals surface area contributed by atoms with Crippen LogP contribution in [-0.4, -0.2) is 0 Å². The molecule has 0 spiro atoms. The van der Waals surface area contributed by atoms with Gasteiger partial charge in [0.1, 0.15) is 0 Å². The zero-order valence-electron chi connectivity index (χ0n) is 38.8. The summed E-state index contributed by atoms with van der Waals surface area (Å²) in [6.07, 6.45) is 1.88. The second-order valence-electron chi connectivity index (χ2n) is 17.5. The molecule has 70 heavy (non-hydrogen) atoms. The Kier molecular flexibility index (Phi) is 12.3. The molecule has 332 valence electrons. The molecule has 0 amide bonds. The lowest BCUT2D eigenvalue weighted by Gasteiger charge is -2.27. The van der Waals surface area contributed by atoms with Gasteiger partial charge in [-0.1, -0.05) is 225 Å². The molecule has 2 heteroatoms. The van der Waals surface area contributed by atoms with Crippen LogP contribution in [0.2, 0.25) is 0 Å². The maximum atomic E-state index is 3.92. The summed E-state index contributed by atoms with van der Waals surface area (Å²) in [4.78, 5) is 4.67. The van der Waals surface area contributed by atoms with E-state index in [2.05, 4.69) is 301 Å². The molecule has 0 aliphatic carbocycles. The third-order valence-electron chi connectivity index (χ3n) is 13.1. The highest BCUT2D eigenvalue weighted by molar-refractivity contribution is 5.84. The van der Waals surface area contributed by atoms with E-state index in [1.165, 1.54) is 55.6 Å². The first kappa shape index (κ1) is 43.3. The van der Waals surface area contributed by atoms with Gasteiger partial charge in [0.05, 0.1) is 0 Å². The van der Waals surface area contributed by atoms with Gasteiger partial charge < -0.3 is 9.80 Å². The minimum Gasteiger partial charge on any atom is -0.311 e. The van der Waals surface area contributed by atoms with E-state index in [4.69, 9.17) is 0 Å². The molecular weight excluding hydrogens is 845 g/mol. The summed E-state index contributed by atoms with van der Waals surface area (Å²) < 4.78 is 0. The number of benzene rings is 11. The van der Waals surface area contributed by atoms with E-state index in [0.717, 1.165) is 50.8 Å². The van der Waals surface area contributed by atoms with Crippen LogP contribution in [0.5, 0.6) is 0 Å². The fourth-order valence-electron chi connectivity index (χ4n) is 9.27. The van der Waals surface area contributed by atoms with Crippen LogP contribution >= 0.6 is 0 Å². The molecule has 0 aliphatic rings. The Labute approximate surface area is 412 Å². The molecule has 11 aromatic carbocycles. The van der Waals surface area contributed by atoms with Crippen molar-refractivity contribution in [3.8, 4) is 66.8 Å². The number of hydrogen-bond acceptors (Lipinski definition) is 2. The van der Waals surface area contributed by atoms with Crippen molar-refractivity contribution < 1.29 is 0 Å². The molecule has 0 atom stereocenters. The van der Waals surface area contributed by atoms with Gasteiger partial charge >= 0.3 is 0 Å². The lowest BCUT2D eigenvalue weighted by atomic mass is 10.00. The van der Waals surface area contributed by atoms with Gasteiger partial charge in [0, 0.05) is 34.1 Å². The Bertz CT molecular complexity index is 3360. The van der Waals surface area contributed by atoms with Crippen LogP contribution in [0.15, 0.2) is 292 Å². The van der Waals surface area contributed by atoms with Crippen molar-refractivity contribution in [3.05, 3.63) is 297 Å². The Balaban J connectivity index is 0.894. The second-order valence-corrected chi connectivity index (χ2v) is 17.5. The molecule has 0 unspecified atom stereocenters. The average molecular weight is 895 g/mol. The molecule has 11 rings (SSSR count). The van der Waals surface area contributed by atoms with Crippen molar-refractivity contribution in [1.82, 2.24) is 0 Å². The summed E-state index contributed by atoms with van der Waals surface area (Å²) in [5, 5.41) is 0. The van der Waals surface area contributed by atoms with E-state index in [-0.39, 0.29) is 0 Å². The quantitative estimate of drug-likeness (QED) is 0.114. The smallest absolute Gasteiger partial charge is 0.0462 e. The highest BCUT2D eigenvalue weighted by atomic mass is 15.1. The van der Waals surface area contributed by atoms with Crippen molar-refractivity contribution >= 4 is 40.2 Å². The van der Waals surface area contributed by atoms with E-state index < -0.39 is 0 Å². The van der Waals surface area contributed by atoms with Gasteiger partial charge in [-0.3, -0.25) is 0 Å². The molecule has 0 aliphatic heterocycles. The van der Waals surface area contributed by atoms with Crippen LogP contribution in [0.3, 0.4) is 0 Å². The van der Waals surface area contributed by atoms with E-state index in [1.807, 2.05) is 6.08 Å². The van der Waals surface area contributed by atoms with Crippen molar-refractivity contribution in [2.24, 2.45) is 0 Å². The van der Waals surface area contributed by atoms with E-state index in [9.17, 15) is 0 Å². The number of rotatable bonds is 13. The first-order chi connectivity index (χ1) is 34.6. The molecule has 0 saturated carbocycles. The maximum Gasteiger partial charge on any atom is 0.0462 e. The Morgan fingerprint density at radius 3 is 0.529 bits per heavy atom. The molecule has 0 N–H and O–H groups in total. The van der Waals surface area contributed by atoms with E-state index in [0.29, 0.717) is 0 Å². The summed E-state index contributed by atoms with van der Waals surface area (Å²) in [5.74, 6) is 0. The summed E-state index contributed by atoms with van der Waals surface area (Å²) in [5.41, 5.74) is 21.8. The minimum absolute atomic E-state index is 1.08. The molecule has 0 fully saturated rings. The Morgan fingerprint density at radius 1 is 0.186 bits per heavy atom. The molecule has 0 aromatic heterocycles. The van der Waals surface area contributed by atoms with Crippen LogP contribution in [0.25, 0.3) is 72.8 Å². The molecule has 0 heterocycles. The van der Waals surface area contributed by atoms with Crippen molar-refractivity contribution in [2.45, 2.75) is 0 Å². The van der Waals surface area contributed by atoms with Crippen molar-refractivity contribution in [1.29, 1.82) is 0 Å². The van der Waals surface area contributed by atoms with Crippen LogP contribution < -0.4 is 9.80 Å². The van der Waals surface area contributed by atoms with Gasteiger partial charge in [-0.15, -0.1) is 0 Å². The Hall–Kier alpha value is -9.24. The van der Waals surface area contributed by atoms with Gasteiger partial charge in [0.15, 0.2) is 0 Å². The SMILES string of the molecule is C=Cc1ccc(-c2ccc(N(c3ccc(-c4ccc(-c5ccccc5)cc4)cc3)c3ccc(-c4ccc(N(c5ccc(-c6ccccc6)cc5)c5ccc(-c6ccccc6)cc5)cc4)cc3)cc2)cc1. The predicted molar refractivity (Wildman–Crippen MR) is 299 cm³/mol. The minimum atomic E-state index is 1.08. The monoisotopic (exact) mass is 894 g/mol. The van der Waals surface area contributed by atoms with Crippen LogP contribution in [0.4, 0.5) is 34.1 Å². The highest BCUT2D eigenvalue weighted by Crippen LogP contribution is 2.40. The average Bonchev–Trinajstić information content (AvgIpc) is 3.45. The summed E-state index contributed by atoms with van der Waals surface area (Å²) in [6, 6.07) is 102. The molecule has 0 saturated heterocycles. The standard InChI is InChI=1S/C68H50N2/c1-2-50-18-20-54(21-19-50)59-30-42-65(43-31-59)70(66-44-32-60(33-45-66)56-24-22-55(23-25-56)51-12-6-3-7-13-51)68-48-36-62(37-49-68)61-34-46-67(47-35-61)69(63-38-26-57(27-39-63)52-14-8-4-9-15-52)64-40-28-58(29-41-64)53-16-10-5-11-17-53/h2-49H,1H2. The fourth-order valence-corrected chi connectivity index (χ4v) is 9.27. The van der Waals surface area contributed by atoms with Gasteiger partial charge in [-0.25, -0.2) is 0 Å². The maximum absolute atomic E-state index is 3.92. The molecule has 11 aromatic rings. The zero-order valence-corrected chi connectivity index (χ0v) is 38.8. The molecule has 0 bridgehead atoms. The highest BCUT2D eigenvalue weighted by Gasteiger charge is 2.16. The van der Waals surface area contributed by atoms with E-state index >= 15 is 0 Å². The van der Waals surface area contributed by atoms with E-state index in [1.54, 1.807) is 0 Å². The first-order valence-corrected chi connectivity index (χ1v) is 23.8. The fraction of sp³-hybridized carbons (Fsp3) is 0. The van der Waals surface area contributed by atoms with Gasteiger partial charge in [0.2, 0.25) is 0 Å². The van der Waals surface area contributed by atoms with Crippen molar-refractivity contribution in [2.75, 3.05) is 9.80 Å². The normalized spacial score (nSPS) is 10.9.